The van der Waals surface area contributed by atoms with E-state index in [2.05, 4.69) is 67.8 Å². The first kappa shape index (κ1) is 82.9. The largest absolute Gasteiger partial charge is 0.394 e. The SMILES string of the molecule is CC/C=C\C/C=C\C/C=C\C/C=C\CCCCCCCCCCCCCCCCCCCCCCCCCCC(=O)NC(COC1OC(CO)C(O)C(O)C1O)C(O)/C=C/CCCCCCCCCCCCCCCCCCCCCCCCCCC. The summed E-state index contributed by atoms with van der Waals surface area (Å²) >= 11 is 0. The molecule has 1 saturated heterocycles. The van der Waals surface area contributed by atoms with Gasteiger partial charge in [0.15, 0.2) is 6.29 Å². The molecule has 0 bridgehead atoms. The van der Waals surface area contributed by atoms with Gasteiger partial charge in [0.1, 0.15) is 24.4 Å². The van der Waals surface area contributed by atoms with Gasteiger partial charge in [-0.05, 0) is 57.8 Å². The summed E-state index contributed by atoms with van der Waals surface area (Å²) in [5.41, 5.74) is 0. The maximum atomic E-state index is 13.2. The van der Waals surface area contributed by atoms with E-state index in [1.54, 1.807) is 6.08 Å². The molecule has 6 N–H and O–H groups in total. The monoisotopic (exact) mass is 1220 g/mol. The molecular weight excluding hydrogens is 1080 g/mol. The summed E-state index contributed by atoms with van der Waals surface area (Å²) < 4.78 is 11.3. The Hall–Kier alpha value is -2.11. The van der Waals surface area contributed by atoms with Gasteiger partial charge >= 0.3 is 0 Å². The Kier molecular flexibility index (Phi) is 63.7. The number of carbonyl (C=O) groups is 1. The van der Waals surface area contributed by atoms with Crippen molar-refractivity contribution in [3.05, 3.63) is 60.8 Å². The van der Waals surface area contributed by atoms with Gasteiger partial charge in [0.25, 0.3) is 0 Å². The van der Waals surface area contributed by atoms with Crippen LogP contribution in [0.25, 0.3) is 0 Å². The number of hydrogen-bond donors (Lipinski definition) is 6. The Balaban J connectivity index is 2.07. The summed E-state index contributed by atoms with van der Waals surface area (Å²) in [5.74, 6) is -0.169. The molecule has 0 saturated carbocycles. The van der Waals surface area contributed by atoms with Crippen LogP contribution in [0.2, 0.25) is 0 Å². The number of hydrogen-bond acceptors (Lipinski definition) is 8. The van der Waals surface area contributed by atoms with Crippen LogP contribution in [0.5, 0.6) is 0 Å². The number of ether oxygens (including phenoxy) is 2. The van der Waals surface area contributed by atoms with Crippen molar-refractivity contribution in [2.24, 2.45) is 0 Å². The summed E-state index contributed by atoms with van der Waals surface area (Å²) in [6.45, 7) is 3.72. The molecule has 7 unspecified atom stereocenters. The van der Waals surface area contributed by atoms with Crippen LogP contribution in [-0.4, -0.2) is 87.5 Å². The topological polar surface area (TPSA) is 149 Å². The minimum Gasteiger partial charge on any atom is -0.394 e. The van der Waals surface area contributed by atoms with Crippen LogP contribution < -0.4 is 5.32 Å². The molecule has 1 aliphatic rings. The highest BCUT2D eigenvalue weighted by molar-refractivity contribution is 5.76. The van der Waals surface area contributed by atoms with Gasteiger partial charge in [-0.15, -0.1) is 0 Å². The Morgan fingerprint density at radius 1 is 0.402 bits per heavy atom. The van der Waals surface area contributed by atoms with Gasteiger partial charge in [0.05, 0.1) is 25.4 Å². The zero-order valence-corrected chi connectivity index (χ0v) is 57.3. The van der Waals surface area contributed by atoms with E-state index in [1.807, 2.05) is 6.08 Å². The predicted molar refractivity (Wildman–Crippen MR) is 373 cm³/mol. The maximum absolute atomic E-state index is 13.2. The molecule has 0 aromatic rings. The molecule has 1 rings (SSSR count). The molecule has 7 atom stereocenters. The first-order chi connectivity index (χ1) is 42.8. The molecule has 87 heavy (non-hydrogen) atoms. The Bertz CT molecular complexity index is 1560. The van der Waals surface area contributed by atoms with Gasteiger partial charge in [-0.25, -0.2) is 0 Å². The minimum absolute atomic E-state index is 0.169. The van der Waals surface area contributed by atoms with Gasteiger partial charge in [-0.3, -0.25) is 4.79 Å². The predicted octanol–water partition coefficient (Wildman–Crippen LogP) is 21.3. The molecule has 9 heteroatoms. The summed E-state index contributed by atoms with van der Waals surface area (Å²) in [4.78, 5) is 13.2. The fraction of sp³-hybridized carbons (Fsp3) is 0.859. The van der Waals surface area contributed by atoms with Crippen LogP contribution in [0.15, 0.2) is 60.8 Å². The van der Waals surface area contributed by atoms with Crippen molar-refractivity contribution in [1.29, 1.82) is 0 Å². The number of allylic oxidation sites excluding steroid dienone is 9. The van der Waals surface area contributed by atoms with Crippen molar-refractivity contribution in [3.63, 3.8) is 0 Å². The van der Waals surface area contributed by atoms with Crippen molar-refractivity contribution < 1.29 is 39.8 Å². The lowest BCUT2D eigenvalue weighted by atomic mass is 9.99. The van der Waals surface area contributed by atoms with Crippen LogP contribution in [0.4, 0.5) is 0 Å². The van der Waals surface area contributed by atoms with Crippen LogP contribution in [0.1, 0.15) is 373 Å². The molecule has 1 heterocycles. The van der Waals surface area contributed by atoms with E-state index in [9.17, 15) is 30.3 Å². The zero-order valence-electron chi connectivity index (χ0n) is 57.3. The number of aliphatic hydroxyl groups is 5. The van der Waals surface area contributed by atoms with Gasteiger partial charge in [0.2, 0.25) is 5.91 Å². The van der Waals surface area contributed by atoms with E-state index in [1.165, 1.54) is 289 Å². The zero-order chi connectivity index (χ0) is 62.8. The highest BCUT2D eigenvalue weighted by Crippen LogP contribution is 2.24. The minimum atomic E-state index is -1.57. The van der Waals surface area contributed by atoms with E-state index >= 15 is 0 Å². The molecule has 1 fully saturated rings. The number of carbonyl (C=O) groups excluding carboxylic acids is 1. The first-order valence-electron chi connectivity index (χ1n) is 38.0. The second kappa shape index (κ2) is 66.8. The van der Waals surface area contributed by atoms with Crippen molar-refractivity contribution in [1.82, 2.24) is 5.32 Å². The van der Waals surface area contributed by atoms with Crippen molar-refractivity contribution in [3.8, 4) is 0 Å². The Morgan fingerprint density at radius 3 is 1.06 bits per heavy atom. The molecule has 0 spiro atoms. The smallest absolute Gasteiger partial charge is 0.220 e. The average molecular weight is 1230 g/mol. The number of unbranched alkanes of at least 4 members (excludes halogenated alkanes) is 49. The van der Waals surface area contributed by atoms with E-state index in [-0.39, 0.29) is 12.5 Å². The van der Waals surface area contributed by atoms with Gasteiger partial charge in [-0.1, -0.05) is 370 Å². The lowest BCUT2D eigenvalue weighted by Gasteiger charge is -2.40. The third-order valence-corrected chi connectivity index (χ3v) is 18.1. The molecule has 0 aromatic carbocycles. The summed E-state index contributed by atoms with van der Waals surface area (Å²) in [7, 11) is 0. The van der Waals surface area contributed by atoms with Crippen LogP contribution >= 0.6 is 0 Å². The highest BCUT2D eigenvalue weighted by atomic mass is 16.7. The molecule has 0 aromatic heterocycles. The summed E-state index contributed by atoms with van der Waals surface area (Å²) in [6, 6.07) is -0.806. The first-order valence-corrected chi connectivity index (χ1v) is 38.0. The standard InChI is InChI=1S/C78H145NO8/c1-3-5-7-9-11-13-15-17-19-21-23-25-27-29-31-32-33-34-35-36-37-38-39-40-42-44-46-48-50-52-54-56-58-60-62-64-66-68-74(82)79-71(70-86-78-77(85)76(84)75(83)73(69-80)87-78)72(81)67-65-63-61-59-57-55-53-51-49-47-45-43-41-30-28-26-24-22-20-18-16-14-12-10-8-6-4-2/h5,7,11,13,17,19,23,25,65,67,71-73,75-78,80-81,83-85H,3-4,6,8-10,12,14-16,18,20-22,24,26-64,66,68-70H2,1-2H3,(H,79,82)/b7-5-,13-11-,19-17-,25-23-,67-65+. The van der Waals surface area contributed by atoms with Gasteiger partial charge < -0.3 is 40.3 Å². The normalized spacial score (nSPS) is 18.3. The third-order valence-electron chi connectivity index (χ3n) is 18.1. The van der Waals surface area contributed by atoms with Crippen LogP contribution in [-0.2, 0) is 14.3 Å². The van der Waals surface area contributed by atoms with Gasteiger partial charge in [-0.2, -0.15) is 0 Å². The Morgan fingerprint density at radius 2 is 0.713 bits per heavy atom. The van der Waals surface area contributed by atoms with Gasteiger partial charge in [0, 0.05) is 6.42 Å². The quantitative estimate of drug-likeness (QED) is 0.0261. The van der Waals surface area contributed by atoms with Crippen LogP contribution in [0.3, 0.4) is 0 Å². The highest BCUT2D eigenvalue weighted by Gasteiger charge is 2.44. The second-order valence-corrected chi connectivity index (χ2v) is 26.4. The number of aliphatic hydroxyl groups excluding tert-OH is 5. The number of nitrogens with one attached hydrogen (secondary N) is 1. The lowest BCUT2D eigenvalue weighted by molar-refractivity contribution is -0.302. The van der Waals surface area contributed by atoms with Crippen molar-refractivity contribution >= 4 is 5.91 Å². The van der Waals surface area contributed by atoms with E-state index in [0.717, 1.165) is 64.2 Å². The molecule has 0 aliphatic carbocycles. The van der Waals surface area contributed by atoms with Crippen molar-refractivity contribution in [2.45, 2.75) is 416 Å². The summed E-state index contributed by atoms with van der Waals surface area (Å²) in [5, 5.41) is 54.9. The van der Waals surface area contributed by atoms with E-state index in [4.69, 9.17) is 9.47 Å². The van der Waals surface area contributed by atoms with Crippen LogP contribution in [0, 0.1) is 0 Å². The van der Waals surface area contributed by atoms with Crippen molar-refractivity contribution in [2.75, 3.05) is 13.2 Å². The average Bonchev–Trinajstić information content (AvgIpc) is 3.37. The molecular formula is C78H145NO8. The maximum Gasteiger partial charge on any atom is 0.220 e. The summed E-state index contributed by atoms with van der Waals surface area (Å²) in [6.07, 6.45) is 86.4. The molecule has 510 valence electrons. The second-order valence-electron chi connectivity index (χ2n) is 26.4. The fourth-order valence-corrected chi connectivity index (χ4v) is 12.2. The van der Waals surface area contributed by atoms with E-state index in [0.29, 0.717) is 6.42 Å². The number of amides is 1. The Labute approximate surface area is 538 Å². The molecule has 0 radical (unpaired) electrons. The fourth-order valence-electron chi connectivity index (χ4n) is 12.2. The molecule has 1 aliphatic heterocycles. The lowest BCUT2D eigenvalue weighted by Crippen LogP contribution is -2.60. The van der Waals surface area contributed by atoms with E-state index < -0.39 is 49.5 Å². The number of rotatable bonds is 67. The third kappa shape index (κ3) is 55.3. The molecule has 1 amide bonds. The molecule has 9 nitrogen and oxygen atoms in total.